The Morgan fingerprint density at radius 2 is 1.03 bits per heavy atom. The smallest absolute Gasteiger partial charge is 0.404 e. The second-order valence-corrected chi connectivity index (χ2v) is 24.8. The van der Waals surface area contributed by atoms with E-state index in [2.05, 4.69) is 24.5 Å². The summed E-state index contributed by atoms with van der Waals surface area (Å²) in [7, 11) is 0. The molecule has 4 amide bonds. The van der Waals surface area contributed by atoms with Crippen LogP contribution >= 0.6 is 0 Å². The van der Waals surface area contributed by atoms with Crippen LogP contribution in [0.15, 0.2) is 91.0 Å². The van der Waals surface area contributed by atoms with Crippen molar-refractivity contribution in [1.82, 2.24) is 10.6 Å². The molecule has 24 nitrogen and oxygen atoms in total. The van der Waals surface area contributed by atoms with Crippen molar-refractivity contribution in [3.05, 3.63) is 108 Å². The van der Waals surface area contributed by atoms with Crippen LogP contribution in [-0.2, 0) is 94.0 Å². The van der Waals surface area contributed by atoms with E-state index in [1.165, 1.54) is 34.6 Å². The number of carbonyl (C=O) groups is 6. The summed E-state index contributed by atoms with van der Waals surface area (Å²) in [6.45, 7) is 20.5. The van der Waals surface area contributed by atoms with E-state index in [1.807, 2.05) is 81.4 Å². The molecule has 25 atom stereocenters. The van der Waals surface area contributed by atoms with Crippen LogP contribution in [-0.4, -0.2) is 170 Å². The molecule has 5 saturated heterocycles. The predicted octanol–water partition coefficient (Wildman–Crippen LogP) is 5.01. The maximum absolute atomic E-state index is 13.7. The summed E-state index contributed by atoms with van der Waals surface area (Å²) < 4.78 is 85.3. The molecule has 8 rings (SSSR count). The lowest BCUT2D eigenvalue weighted by Gasteiger charge is -2.52. The minimum Gasteiger partial charge on any atom is -0.453 e. The number of rotatable bonds is 23. The number of ketones is 1. The molecule has 10 unspecified atom stereocenters. The van der Waals surface area contributed by atoms with E-state index >= 15 is 0 Å². The van der Waals surface area contributed by atoms with Crippen molar-refractivity contribution >= 4 is 35.6 Å². The van der Waals surface area contributed by atoms with Gasteiger partial charge in [0.2, 0.25) is 17.7 Å². The quantitative estimate of drug-likeness (QED) is 0.0779. The lowest BCUT2D eigenvalue weighted by molar-refractivity contribution is -0.358. The van der Waals surface area contributed by atoms with Crippen molar-refractivity contribution in [3.8, 4) is 0 Å². The maximum Gasteiger partial charge on any atom is 0.404 e. The maximum atomic E-state index is 13.7. The second kappa shape index (κ2) is 30.4. The fraction of sp³-hybridized carbons (Fsp3) is 0.631. The van der Waals surface area contributed by atoms with Crippen molar-refractivity contribution in [2.45, 2.75) is 212 Å². The van der Waals surface area contributed by atoms with E-state index in [0.29, 0.717) is 12.2 Å². The van der Waals surface area contributed by atoms with E-state index < -0.39 is 164 Å². The van der Waals surface area contributed by atoms with Gasteiger partial charge >= 0.3 is 12.1 Å². The highest BCUT2D eigenvalue weighted by molar-refractivity contribution is 5.89. The number of primary amides is 2. The van der Waals surface area contributed by atoms with Gasteiger partial charge in [0.15, 0.2) is 49.3 Å². The molecule has 490 valence electrons. The van der Waals surface area contributed by atoms with Crippen molar-refractivity contribution in [1.29, 1.82) is 0 Å². The number of amides is 4. The summed E-state index contributed by atoms with van der Waals surface area (Å²) in [5.41, 5.74) is 11.2. The van der Waals surface area contributed by atoms with Crippen LogP contribution < -0.4 is 22.1 Å². The van der Waals surface area contributed by atoms with Crippen molar-refractivity contribution in [3.63, 3.8) is 0 Å². The van der Waals surface area contributed by atoms with Gasteiger partial charge in [-0.05, 0) is 68.7 Å². The molecule has 3 aromatic carbocycles. The molecule has 0 saturated carbocycles. The van der Waals surface area contributed by atoms with E-state index in [4.69, 9.17) is 73.0 Å². The molecule has 0 aromatic heterocycles. The molecule has 24 heteroatoms. The van der Waals surface area contributed by atoms with E-state index in [9.17, 15) is 33.9 Å². The van der Waals surface area contributed by atoms with Crippen LogP contribution in [0.2, 0.25) is 0 Å². The van der Waals surface area contributed by atoms with Gasteiger partial charge in [0.25, 0.3) is 0 Å². The van der Waals surface area contributed by atoms with Crippen LogP contribution in [0.5, 0.6) is 0 Å². The summed E-state index contributed by atoms with van der Waals surface area (Å²) in [4.78, 5) is 78.9. The Bertz CT molecular complexity index is 2840. The van der Waals surface area contributed by atoms with Crippen molar-refractivity contribution in [2.24, 2.45) is 47.0 Å². The Balaban J connectivity index is 1.13. The summed E-state index contributed by atoms with van der Waals surface area (Å²) >= 11 is 0. The van der Waals surface area contributed by atoms with Gasteiger partial charge in [-0.3, -0.25) is 19.2 Å². The van der Waals surface area contributed by atoms with Gasteiger partial charge in [-0.25, -0.2) is 9.59 Å². The number of nitrogens with two attached hydrogens (primary N) is 2. The summed E-state index contributed by atoms with van der Waals surface area (Å²) in [5.74, 6) is -5.37. The molecule has 5 fully saturated rings. The van der Waals surface area contributed by atoms with E-state index in [1.54, 1.807) is 44.2 Å². The Labute approximate surface area is 520 Å². The summed E-state index contributed by atoms with van der Waals surface area (Å²) in [6.07, 6.45) is -19.3. The number of hydrogen-bond donors (Lipinski definition) is 5. The average Bonchev–Trinajstić information content (AvgIpc) is 1.05. The first-order valence-corrected chi connectivity index (χ1v) is 30.7. The first-order chi connectivity index (χ1) is 42.2. The van der Waals surface area contributed by atoms with Gasteiger partial charge < -0.3 is 88.8 Å². The largest absolute Gasteiger partial charge is 0.453 e. The number of hydrogen-bond acceptors (Lipinski definition) is 20. The number of benzene rings is 3. The second-order valence-electron chi connectivity index (χ2n) is 24.8. The van der Waals surface area contributed by atoms with Gasteiger partial charge in [-0.15, -0.1) is 0 Å². The normalized spacial score (nSPS) is 38.1. The monoisotopic (exact) mass is 1250 g/mol. The highest BCUT2D eigenvalue weighted by atomic mass is 16.8. The number of nitrogens with one attached hydrogen (secondary N) is 2. The van der Waals surface area contributed by atoms with E-state index in [0.717, 1.165) is 11.1 Å². The van der Waals surface area contributed by atoms with Crippen LogP contribution in [0, 0.1) is 35.5 Å². The molecular weight excluding hydrogens is 1160 g/mol. The standard InChI is InChI=1S/C65H90N4O20/c1-32-33(2)53(78-29-44-24-18-14-19-25-44)62(82-46(32)30-77-28-43-22-16-13-17-23-43)79-31-47-52(37(6)49(69-42(11)72)61(83-47)88-55-40(9)80-57(58(66)73)65(12,76)56(55)89-64(67)75)87-60-48(68-41(10)71)36(5)51(39(8)81-60)86-63-54(35(4)34(3)50(85-63)38(7)70)84-59(74)45-26-20-15-21-27-45/h13-27,32-37,39-40,46-57,60-63,76H,28-31H2,1-12H3,(H2,66,73)(H2,67,75)(H,68,71)(H,69,72)/t32-,33-,34+,35-,36+,37+,39?,40-,46?,47?,48?,49?,50?,51-,52-,53?,54?,55?,56+,57?,60-,61-,62+,63-,65-/m0/s1. The molecule has 5 aliphatic heterocycles. The van der Waals surface area contributed by atoms with Crippen LogP contribution in [0.1, 0.15) is 105 Å². The fourth-order valence-corrected chi connectivity index (χ4v) is 12.8. The molecular formula is C65H90N4O20. The molecule has 0 bridgehead atoms. The van der Waals surface area contributed by atoms with Gasteiger partial charge in [0, 0.05) is 31.6 Å². The van der Waals surface area contributed by atoms with Crippen molar-refractivity contribution in [2.75, 3.05) is 13.2 Å². The molecule has 89 heavy (non-hydrogen) atoms. The molecule has 3 aromatic rings. The van der Waals surface area contributed by atoms with Gasteiger partial charge in [0.1, 0.15) is 30.0 Å². The lowest BCUT2D eigenvalue weighted by Crippen LogP contribution is -2.71. The summed E-state index contributed by atoms with van der Waals surface area (Å²) in [5, 5.41) is 17.8. The van der Waals surface area contributed by atoms with Crippen molar-refractivity contribution < 1.29 is 95.5 Å². The predicted molar refractivity (Wildman–Crippen MR) is 317 cm³/mol. The Kier molecular flexibility index (Phi) is 23.5. The third kappa shape index (κ3) is 16.6. The molecule has 0 spiro atoms. The number of aliphatic hydroxyl groups is 1. The Morgan fingerprint density at radius 3 is 1.61 bits per heavy atom. The first kappa shape index (κ1) is 68.9. The zero-order valence-electron chi connectivity index (χ0n) is 52.7. The number of carbonyl (C=O) groups excluding carboxylic acids is 6. The average molecular weight is 1250 g/mol. The zero-order chi connectivity index (χ0) is 64.6. The SMILES string of the molecule is CC(=O)NC1[C@H](O[C@@H]2C(CO[C@@H]3OC(COCc4ccccc4)[C@@H](C)[C@H](C)C3OCc3ccccc3)O[C@@H](OC3[C@H](C)OC(C(N)=O)[C@@](C)(O)[C@@H]3OC(N)=O)C(NC(C)=O)[C@H]2C)OC(C)[C@@H](O[C@@H]2OC(C(C)=O)[C@H](C)[C@H](C)C2OC(=O)c2ccccc2)[C@@H]1C. The topological polar surface area (TPSA) is 319 Å². The third-order valence-corrected chi connectivity index (χ3v) is 18.2. The molecule has 7 N–H and O–H groups in total. The third-order valence-electron chi connectivity index (χ3n) is 18.2. The summed E-state index contributed by atoms with van der Waals surface area (Å²) in [6, 6.07) is 25.8. The molecule has 5 aliphatic rings. The molecule has 0 radical (unpaired) electrons. The Hall–Kier alpha value is -6.00. The Morgan fingerprint density at radius 1 is 0.517 bits per heavy atom. The number of ether oxygens (including phenoxy) is 13. The van der Waals surface area contributed by atoms with Gasteiger partial charge in [-0.2, -0.15) is 0 Å². The molecule has 0 aliphatic carbocycles. The zero-order valence-corrected chi connectivity index (χ0v) is 52.7. The highest BCUT2D eigenvalue weighted by Gasteiger charge is 2.60. The minimum absolute atomic E-state index is 0.0837. The van der Waals surface area contributed by atoms with Gasteiger partial charge in [0.05, 0.1) is 74.6 Å². The van der Waals surface area contributed by atoms with Crippen LogP contribution in [0.4, 0.5) is 4.79 Å². The van der Waals surface area contributed by atoms with Crippen LogP contribution in [0.25, 0.3) is 0 Å². The van der Waals surface area contributed by atoms with Crippen LogP contribution in [0.3, 0.4) is 0 Å². The first-order valence-electron chi connectivity index (χ1n) is 30.7. The number of esters is 1. The van der Waals surface area contributed by atoms with Gasteiger partial charge in [-0.1, -0.05) is 120 Å². The number of Topliss-reactive ketones (excluding diaryl/α,β-unsaturated/α-hetero) is 1. The van der Waals surface area contributed by atoms with E-state index in [-0.39, 0.29) is 43.4 Å². The highest BCUT2D eigenvalue weighted by Crippen LogP contribution is 2.42. The minimum atomic E-state index is -2.30. The lowest BCUT2D eigenvalue weighted by atomic mass is 9.81. The molecule has 5 heterocycles. The fourth-order valence-electron chi connectivity index (χ4n) is 12.8.